The Kier molecular flexibility index (Phi) is 16.7. The SMILES string of the molecule is C=C(C)/C(N)=C\C(C)=C/C.CC.CCOc1ccc(C)cc1-c1ccc(C/C=C(\C)NCC(=O)O)cc1. The van der Waals surface area contributed by atoms with Crippen molar-refractivity contribution >= 4 is 5.97 Å². The second-order valence-electron chi connectivity index (χ2n) is 8.38. The number of hydrogen-bond donors (Lipinski definition) is 3. The van der Waals surface area contributed by atoms with Gasteiger partial charge in [-0.3, -0.25) is 4.79 Å². The van der Waals surface area contributed by atoms with Crippen molar-refractivity contribution in [3.8, 4) is 16.9 Å². The van der Waals surface area contributed by atoms with Gasteiger partial charge in [0.1, 0.15) is 12.3 Å². The number of allylic oxidation sites excluding steroid dienone is 6. The molecule has 0 saturated carbocycles. The fraction of sp³-hybridized carbons (Fsp3) is 0.344. The van der Waals surface area contributed by atoms with Crippen LogP contribution in [0.5, 0.6) is 5.75 Å². The number of nitrogens with two attached hydrogens (primary N) is 1. The maximum atomic E-state index is 10.5. The normalized spacial score (nSPS) is 11.4. The summed E-state index contributed by atoms with van der Waals surface area (Å²) in [7, 11) is 0. The van der Waals surface area contributed by atoms with E-state index in [0.717, 1.165) is 40.3 Å². The summed E-state index contributed by atoms with van der Waals surface area (Å²) < 4.78 is 5.74. The van der Waals surface area contributed by atoms with Gasteiger partial charge in [0.05, 0.1) is 6.61 Å². The predicted molar refractivity (Wildman–Crippen MR) is 159 cm³/mol. The summed E-state index contributed by atoms with van der Waals surface area (Å²) in [6.45, 7) is 20.1. The zero-order valence-corrected chi connectivity index (χ0v) is 23.9. The third kappa shape index (κ3) is 13.8. The Bertz CT molecular complexity index is 1080. The van der Waals surface area contributed by atoms with Gasteiger partial charge in [0.2, 0.25) is 0 Å². The summed E-state index contributed by atoms with van der Waals surface area (Å²) in [5, 5.41) is 11.5. The number of aryl methyl sites for hydroxylation is 1. The number of nitrogens with one attached hydrogen (secondary N) is 1. The van der Waals surface area contributed by atoms with Crippen molar-refractivity contribution in [1.82, 2.24) is 5.32 Å². The Morgan fingerprint density at radius 1 is 1.11 bits per heavy atom. The van der Waals surface area contributed by atoms with E-state index < -0.39 is 5.97 Å². The van der Waals surface area contributed by atoms with E-state index in [4.69, 9.17) is 15.6 Å². The molecule has 5 nitrogen and oxygen atoms in total. The molecule has 0 radical (unpaired) electrons. The standard InChI is InChI=1S/C21H25NO3.C9H15N.C2H6/c1-4-25-20-12-5-15(2)13-19(20)18-10-8-17(9-11-18)7-6-16(3)22-14-21(23)24;1-5-8(4)6-9(10)7(2)3;1-2/h5-6,8-13,22H,4,7,14H2,1-3H3,(H,23,24);5-6H,2,10H2,1,3-4H3;1-2H3/b16-6+;8-5-,9-6+;. The highest BCUT2D eigenvalue weighted by atomic mass is 16.5. The van der Waals surface area contributed by atoms with Crippen LogP contribution in [0.4, 0.5) is 0 Å². The van der Waals surface area contributed by atoms with E-state index >= 15 is 0 Å². The molecule has 37 heavy (non-hydrogen) atoms. The molecule has 2 aromatic carbocycles. The molecule has 2 aromatic rings. The highest BCUT2D eigenvalue weighted by Gasteiger charge is 2.07. The quantitative estimate of drug-likeness (QED) is 0.289. The van der Waals surface area contributed by atoms with Crippen molar-refractivity contribution in [2.75, 3.05) is 13.2 Å². The smallest absolute Gasteiger partial charge is 0.322 e. The van der Waals surface area contributed by atoms with Crippen LogP contribution in [-0.2, 0) is 11.2 Å². The van der Waals surface area contributed by atoms with Gasteiger partial charge >= 0.3 is 5.97 Å². The van der Waals surface area contributed by atoms with Crippen LogP contribution in [0.25, 0.3) is 11.1 Å². The number of benzene rings is 2. The van der Waals surface area contributed by atoms with Gasteiger partial charge in [0.25, 0.3) is 0 Å². The monoisotopic (exact) mass is 506 g/mol. The van der Waals surface area contributed by atoms with Crippen molar-refractivity contribution in [2.45, 2.75) is 61.8 Å². The lowest BCUT2D eigenvalue weighted by molar-refractivity contribution is -0.135. The minimum Gasteiger partial charge on any atom is -0.493 e. The first-order chi connectivity index (χ1) is 17.6. The molecule has 2 rings (SSSR count). The molecule has 0 aliphatic carbocycles. The van der Waals surface area contributed by atoms with Crippen LogP contribution in [0.3, 0.4) is 0 Å². The van der Waals surface area contributed by atoms with E-state index in [1.54, 1.807) is 0 Å². The van der Waals surface area contributed by atoms with Crippen LogP contribution >= 0.6 is 0 Å². The summed E-state index contributed by atoms with van der Waals surface area (Å²) in [6.07, 6.45) is 6.68. The van der Waals surface area contributed by atoms with Crippen molar-refractivity contribution in [3.63, 3.8) is 0 Å². The van der Waals surface area contributed by atoms with E-state index in [-0.39, 0.29) is 6.54 Å². The van der Waals surface area contributed by atoms with Crippen molar-refractivity contribution in [1.29, 1.82) is 0 Å². The van der Waals surface area contributed by atoms with Crippen molar-refractivity contribution < 1.29 is 14.6 Å². The second kappa shape index (κ2) is 18.5. The fourth-order valence-corrected chi connectivity index (χ4v) is 2.98. The van der Waals surface area contributed by atoms with Crippen molar-refractivity contribution in [3.05, 3.63) is 101 Å². The molecule has 0 aliphatic heterocycles. The van der Waals surface area contributed by atoms with Crippen LogP contribution in [0.2, 0.25) is 0 Å². The molecule has 4 N–H and O–H groups in total. The zero-order chi connectivity index (χ0) is 28.4. The molecular weight excluding hydrogens is 460 g/mol. The van der Waals surface area contributed by atoms with Gasteiger partial charge in [0.15, 0.2) is 0 Å². The van der Waals surface area contributed by atoms with Gasteiger partial charge < -0.3 is 20.9 Å². The maximum Gasteiger partial charge on any atom is 0.322 e. The van der Waals surface area contributed by atoms with Gasteiger partial charge in [-0.25, -0.2) is 0 Å². The molecule has 0 bridgehead atoms. The molecular formula is C32H46N2O3. The highest BCUT2D eigenvalue weighted by Crippen LogP contribution is 2.31. The third-order valence-electron chi connectivity index (χ3n) is 5.19. The molecule has 0 atom stereocenters. The topological polar surface area (TPSA) is 84.6 Å². The summed E-state index contributed by atoms with van der Waals surface area (Å²) in [5.74, 6) is 0.0369. The van der Waals surface area contributed by atoms with Gasteiger partial charge in [-0.15, -0.1) is 0 Å². The van der Waals surface area contributed by atoms with E-state index in [1.807, 2.05) is 72.8 Å². The van der Waals surface area contributed by atoms with Crippen LogP contribution in [0.1, 0.15) is 59.6 Å². The number of aliphatic carboxylic acids is 1. The Morgan fingerprint density at radius 3 is 2.24 bits per heavy atom. The van der Waals surface area contributed by atoms with Gasteiger partial charge in [-0.2, -0.15) is 0 Å². The lowest BCUT2D eigenvalue weighted by atomic mass is 10.00. The molecule has 0 fully saturated rings. The minimum atomic E-state index is -0.861. The van der Waals surface area contributed by atoms with E-state index in [1.165, 1.54) is 16.7 Å². The number of hydrogen-bond acceptors (Lipinski definition) is 4. The van der Waals surface area contributed by atoms with Crippen LogP contribution < -0.4 is 15.8 Å². The van der Waals surface area contributed by atoms with E-state index in [9.17, 15) is 4.79 Å². The molecule has 0 aliphatic rings. The molecule has 0 unspecified atom stereocenters. The number of ether oxygens (including phenoxy) is 1. The van der Waals surface area contributed by atoms with Gasteiger partial charge in [-0.05, 0) is 82.9 Å². The van der Waals surface area contributed by atoms with Crippen LogP contribution in [0, 0.1) is 6.92 Å². The second-order valence-corrected chi connectivity index (χ2v) is 8.38. The van der Waals surface area contributed by atoms with Gasteiger partial charge in [-0.1, -0.05) is 74.0 Å². The Hall–Kier alpha value is -3.73. The predicted octanol–water partition coefficient (Wildman–Crippen LogP) is 7.58. The van der Waals surface area contributed by atoms with E-state index in [2.05, 4.69) is 55.2 Å². The molecule has 0 spiro atoms. The summed E-state index contributed by atoms with van der Waals surface area (Å²) in [6, 6.07) is 14.6. The number of rotatable bonds is 10. The lowest BCUT2D eigenvalue weighted by Crippen LogP contribution is -2.20. The molecule has 5 heteroatoms. The fourth-order valence-electron chi connectivity index (χ4n) is 2.98. The maximum absolute atomic E-state index is 10.5. The van der Waals surface area contributed by atoms with Crippen LogP contribution in [-0.4, -0.2) is 24.2 Å². The van der Waals surface area contributed by atoms with E-state index in [0.29, 0.717) is 6.61 Å². The summed E-state index contributed by atoms with van der Waals surface area (Å²) in [4.78, 5) is 10.5. The summed E-state index contributed by atoms with van der Waals surface area (Å²) >= 11 is 0. The van der Waals surface area contributed by atoms with Gasteiger partial charge in [0, 0.05) is 17.0 Å². The highest BCUT2D eigenvalue weighted by molar-refractivity contribution is 5.71. The Morgan fingerprint density at radius 2 is 1.73 bits per heavy atom. The first-order valence-electron chi connectivity index (χ1n) is 12.8. The zero-order valence-electron chi connectivity index (χ0n) is 23.9. The average Bonchev–Trinajstić information content (AvgIpc) is 2.89. The van der Waals surface area contributed by atoms with Crippen molar-refractivity contribution in [2.24, 2.45) is 5.73 Å². The minimum absolute atomic E-state index is 0.0607. The average molecular weight is 507 g/mol. The summed E-state index contributed by atoms with van der Waals surface area (Å²) in [5.41, 5.74) is 13.9. The third-order valence-corrected chi connectivity index (χ3v) is 5.19. The number of carboxylic acids is 1. The first kappa shape index (κ1) is 33.3. The molecule has 0 aromatic heterocycles. The Labute approximate surface area is 224 Å². The van der Waals surface area contributed by atoms with Crippen LogP contribution in [0.15, 0.2) is 89.8 Å². The molecule has 0 saturated heterocycles. The number of carbonyl (C=O) groups is 1. The molecule has 0 amide bonds. The lowest BCUT2D eigenvalue weighted by Gasteiger charge is -2.12. The molecule has 0 heterocycles. The number of carboxylic acid groups (broad SMARTS) is 1. The molecule has 202 valence electrons. The largest absolute Gasteiger partial charge is 0.493 e. The Balaban J connectivity index is 0.000000910. The first-order valence-corrected chi connectivity index (χ1v) is 12.8.